The van der Waals surface area contributed by atoms with E-state index in [1.165, 1.54) is 6.20 Å². The summed E-state index contributed by atoms with van der Waals surface area (Å²) in [6, 6.07) is 0. The molecular formula is C4H10N2. The third-order valence-electron chi connectivity index (χ3n) is 0.644. The van der Waals surface area contributed by atoms with E-state index in [9.17, 15) is 0 Å². The number of nitrogens with one attached hydrogen (secondary N) is 1. The van der Waals surface area contributed by atoms with E-state index in [0.717, 1.165) is 5.70 Å². The molecule has 0 aromatic rings. The highest BCUT2D eigenvalue weighted by Gasteiger charge is 1.69. The van der Waals surface area contributed by atoms with E-state index in [4.69, 9.17) is 5.73 Å². The molecular weight excluding hydrogens is 76.1 g/mol. The fraction of sp³-hybridized carbons (Fsp3) is 0.500. The second kappa shape index (κ2) is 2.57. The number of hydrogen-bond donors (Lipinski definition) is 2. The Morgan fingerprint density at radius 1 is 1.83 bits per heavy atom. The molecule has 0 rings (SSSR count). The van der Waals surface area contributed by atoms with Gasteiger partial charge in [-0.1, -0.05) is 0 Å². The van der Waals surface area contributed by atoms with Crippen LogP contribution in [0.4, 0.5) is 0 Å². The van der Waals surface area contributed by atoms with E-state index in [1.807, 2.05) is 14.0 Å². The minimum atomic E-state index is 0.995. The first-order chi connectivity index (χ1) is 2.81. The van der Waals surface area contributed by atoms with Gasteiger partial charge in [-0.3, -0.25) is 0 Å². The standard InChI is InChI=1S/C4H10N2/c1-4(3-5)6-2/h3,6H,5H2,1-2H3/b4-3-. The van der Waals surface area contributed by atoms with Crippen LogP contribution in [0.25, 0.3) is 0 Å². The molecule has 0 radical (unpaired) electrons. The van der Waals surface area contributed by atoms with Crippen molar-refractivity contribution < 1.29 is 0 Å². The van der Waals surface area contributed by atoms with Crippen LogP contribution in [0, 0.1) is 0 Å². The lowest BCUT2D eigenvalue weighted by Crippen LogP contribution is -2.03. The van der Waals surface area contributed by atoms with E-state index in [0.29, 0.717) is 0 Å². The van der Waals surface area contributed by atoms with E-state index in [2.05, 4.69) is 5.32 Å². The van der Waals surface area contributed by atoms with Gasteiger partial charge in [-0.15, -0.1) is 0 Å². The average Bonchev–Trinajstić information content (AvgIpc) is 1.65. The van der Waals surface area contributed by atoms with Gasteiger partial charge in [0.25, 0.3) is 0 Å². The fourth-order valence-corrected chi connectivity index (χ4v) is 0.0833. The molecule has 3 N–H and O–H groups in total. The summed E-state index contributed by atoms with van der Waals surface area (Å²) in [7, 11) is 1.83. The minimum Gasteiger partial charge on any atom is -0.403 e. The maximum Gasteiger partial charge on any atom is 0.0230 e. The van der Waals surface area contributed by atoms with Crippen molar-refractivity contribution in [1.82, 2.24) is 5.32 Å². The molecule has 0 aromatic heterocycles. The smallest absolute Gasteiger partial charge is 0.0230 e. The van der Waals surface area contributed by atoms with Crippen molar-refractivity contribution in [3.8, 4) is 0 Å². The first-order valence-electron chi connectivity index (χ1n) is 1.87. The Morgan fingerprint density at radius 2 is 2.33 bits per heavy atom. The van der Waals surface area contributed by atoms with Crippen LogP contribution in [0.2, 0.25) is 0 Å². The summed E-state index contributed by atoms with van der Waals surface area (Å²) in [5.41, 5.74) is 6.05. The zero-order valence-corrected chi connectivity index (χ0v) is 4.15. The van der Waals surface area contributed by atoms with Gasteiger partial charge in [0, 0.05) is 18.9 Å². The van der Waals surface area contributed by atoms with E-state index >= 15 is 0 Å². The Labute approximate surface area is 38.0 Å². The van der Waals surface area contributed by atoms with Gasteiger partial charge >= 0.3 is 0 Å². The molecule has 2 nitrogen and oxygen atoms in total. The Morgan fingerprint density at radius 3 is 2.33 bits per heavy atom. The predicted molar refractivity (Wildman–Crippen MR) is 27.0 cm³/mol. The van der Waals surface area contributed by atoms with Gasteiger partial charge < -0.3 is 11.1 Å². The summed E-state index contributed by atoms with van der Waals surface area (Å²) in [6.07, 6.45) is 1.53. The highest BCUT2D eigenvalue weighted by atomic mass is 14.8. The molecule has 36 valence electrons. The van der Waals surface area contributed by atoms with Crippen LogP contribution in [-0.4, -0.2) is 7.05 Å². The number of rotatable bonds is 1. The Hall–Kier alpha value is -0.660. The zero-order chi connectivity index (χ0) is 4.99. The molecule has 0 amide bonds. The van der Waals surface area contributed by atoms with E-state index < -0.39 is 0 Å². The maximum absolute atomic E-state index is 5.06. The van der Waals surface area contributed by atoms with Gasteiger partial charge in [0.15, 0.2) is 0 Å². The summed E-state index contributed by atoms with van der Waals surface area (Å²) in [5, 5.41) is 2.85. The molecule has 0 aliphatic heterocycles. The second-order valence-electron chi connectivity index (χ2n) is 1.10. The van der Waals surface area contributed by atoms with Gasteiger partial charge in [-0.2, -0.15) is 0 Å². The molecule has 0 unspecified atom stereocenters. The lowest BCUT2D eigenvalue weighted by atomic mass is 10.5. The summed E-state index contributed by atoms with van der Waals surface area (Å²) in [5.74, 6) is 0. The Balaban J connectivity index is 3.22. The monoisotopic (exact) mass is 86.1 g/mol. The highest BCUT2D eigenvalue weighted by Crippen LogP contribution is 1.73. The summed E-state index contributed by atoms with van der Waals surface area (Å²) < 4.78 is 0. The number of allylic oxidation sites excluding steroid dienone is 1. The average molecular weight is 86.1 g/mol. The maximum atomic E-state index is 5.06. The van der Waals surface area contributed by atoms with Crippen molar-refractivity contribution in [1.29, 1.82) is 0 Å². The van der Waals surface area contributed by atoms with Crippen LogP contribution in [0.1, 0.15) is 6.92 Å². The van der Waals surface area contributed by atoms with Crippen LogP contribution in [0.3, 0.4) is 0 Å². The molecule has 0 bridgehead atoms. The summed E-state index contributed by atoms with van der Waals surface area (Å²) in [6.45, 7) is 1.90. The van der Waals surface area contributed by atoms with Crippen molar-refractivity contribution in [2.24, 2.45) is 5.73 Å². The largest absolute Gasteiger partial charge is 0.403 e. The first-order valence-corrected chi connectivity index (χ1v) is 1.87. The van der Waals surface area contributed by atoms with E-state index in [1.54, 1.807) is 0 Å². The molecule has 0 fully saturated rings. The van der Waals surface area contributed by atoms with Crippen molar-refractivity contribution in [3.63, 3.8) is 0 Å². The van der Waals surface area contributed by atoms with Gasteiger partial charge in [0.05, 0.1) is 0 Å². The molecule has 6 heavy (non-hydrogen) atoms. The fourth-order valence-electron chi connectivity index (χ4n) is 0.0833. The first kappa shape index (κ1) is 5.34. The van der Waals surface area contributed by atoms with Crippen LogP contribution in [0.5, 0.6) is 0 Å². The molecule has 0 saturated heterocycles. The van der Waals surface area contributed by atoms with Gasteiger partial charge in [0.1, 0.15) is 0 Å². The highest BCUT2D eigenvalue weighted by molar-refractivity contribution is 4.89. The van der Waals surface area contributed by atoms with E-state index in [-0.39, 0.29) is 0 Å². The van der Waals surface area contributed by atoms with Crippen LogP contribution >= 0.6 is 0 Å². The Bertz CT molecular complexity index is 56.6. The molecule has 0 aliphatic rings. The second-order valence-corrected chi connectivity index (χ2v) is 1.10. The quantitative estimate of drug-likeness (QED) is 0.472. The van der Waals surface area contributed by atoms with Gasteiger partial charge in [0.2, 0.25) is 0 Å². The third kappa shape index (κ3) is 1.64. The van der Waals surface area contributed by atoms with Gasteiger partial charge in [-0.05, 0) is 6.92 Å². The predicted octanol–water partition coefficient (Wildman–Crippen LogP) is 0.0258. The molecule has 0 saturated carbocycles. The molecule has 0 heterocycles. The number of hydrogen-bond acceptors (Lipinski definition) is 2. The van der Waals surface area contributed by atoms with Crippen LogP contribution in [0.15, 0.2) is 11.9 Å². The normalized spacial score (nSPS) is 11.3. The molecule has 2 heteroatoms. The molecule has 0 atom stereocenters. The Kier molecular flexibility index (Phi) is 2.29. The SMILES string of the molecule is CN/C(C)=C\N. The zero-order valence-electron chi connectivity index (χ0n) is 4.15. The number of nitrogens with two attached hydrogens (primary N) is 1. The van der Waals surface area contributed by atoms with Crippen molar-refractivity contribution in [2.45, 2.75) is 6.92 Å². The van der Waals surface area contributed by atoms with Crippen LogP contribution in [-0.2, 0) is 0 Å². The summed E-state index contributed by atoms with van der Waals surface area (Å²) in [4.78, 5) is 0. The minimum absolute atomic E-state index is 0.995. The lowest BCUT2D eigenvalue weighted by molar-refractivity contribution is 0.981. The van der Waals surface area contributed by atoms with Gasteiger partial charge in [-0.25, -0.2) is 0 Å². The van der Waals surface area contributed by atoms with Crippen molar-refractivity contribution >= 4 is 0 Å². The van der Waals surface area contributed by atoms with Crippen molar-refractivity contribution in [2.75, 3.05) is 7.05 Å². The molecule has 0 aromatic carbocycles. The lowest BCUT2D eigenvalue weighted by Gasteiger charge is -1.91. The molecule has 0 aliphatic carbocycles. The topological polar surface area (TPSA) is 38.0 Å². The molecule has 0 spiro atoms. The van der Waals surface area contributed by atoms with Crippen molar-refractivity contribution in [3.05, 3.63) is 11.9 Å². The third-order valence-corrected chi connectivity index (χ3v) is 0.644. The van der Waals surface area contributed by atoms with Crippen LogP contribution < -0.4 is 11.1 Å². The summed E-state index contributed by atoms with van der Waals surface area (Å²) >= 11 is 0.